The number of rotatable bonds is 7. The number of hydrogen-bond acceptors (Lipinski definition) is 10. The molecule has 2 aromatic carbocycles. The van der Waals surface area contributed by atoms with Crippen molar-refractivity contribution in [3.63, 3.8) is 0 Å². The summed E-state index contributed by atoms with van der Waals surface area (Å²) in [5, 5.41) is 11.9. The first-order valence-corrected chi connectivity index (χ1v) is 17.3. The van der Waals surface area contributed by atoms with Gasteiger partial charge in [0, 0.05) is 73.2 Å². The summed E-state index contributed by atoms with van der Waals surface area (Å²) in [6.07, 6.45) is 7.72. The predicted octanol–water partition coefficient (Wildman–Crippen LogP) is 6.10. The summed E-state index contributed by atoms with van der Waals surface area (Å²) >= 11 is 3.57. The van der Waals surface area contributed by atoms with Gasteiger partial charge in [0.05, 0.1) is 40.0 Å². The third-order valence-electron chi connectivity index (χ3n) is 7.59. The van der Waals surface area contributed by atoms with Crippen LogP contribution in [0.15, 0.2) is 53.5 Å². The van der Waals surface area contributed by atoms with E-state index in [0.29, 0.717) is 50.1 Å². The highest BCUT2D eigenvalue weighted by molar-refractivity contribution is 9.10. The molecule has 0 atom stereocenters. The minimum absolute atomic E-state index is 0.306. The Labute approximate surface area is 258 Å². The Morgan fingerprint density at radius 3 is 2.56 bits per heavy atom. The maximum atomic E-state index is 13.4. The molecule has 13 heteroatoms. The first-order valence-electron chi connectivity index (χ1n) is 13.9. The van der Waals surface area contributed by atoms with Crippen LogP contribution in [0.25, 0.3) is 22.2 Å². The van der Waals surface area contributed by atoms with Crippen molar-refractivity contribution in [3.05, 3.63) is 59.2 Å². The summed E-state index contributed by atoms with van der Waals surface area (Å²) in [6.45, 7) is 8.72. The molecule has 11 nitrogen and oxygen atoms in total. The van der Waals surface area contributed by atoms with E-state index in [2.05, 4.69) is 77.5 Å². The normalized spacial score (nSPS) is 13.1. The van der Waals surface area contributed by atoms with E-state index in [1.807, 2.05) is 30.1 Å². The molecule has 5 aromatic rings. The van der Waals surface area contributed by atoms with Gasteiger partial charge in [-0.05, 0) is 61.3 Å². The molecule has 0 radical (unpaired) electrons. The van der Waals surface area contributed by atoms with Crippen molar-refractivity contribution in [2.75, 3.05) is 42.5 Å². The lowest BCUT2D eigenvalue weighted by atomic mass is 10.0. The van der Waals surface area contributed by atoms with Crippen LogP contribution in [0.4, 0.5) is 28.8 Å². The average molecular weight is 663 g/mol. The van der Waals surface area contributed by atoms with E-state index in [1.54, 1.807) is 39.0 Å². The number of fused-ring (bicyclic) bond motifs is 4. The van der Waals surface area contributed by atoms with Crippen LogP contribution in [-0.4, -0.2) is 62.7 Å². The lowest BCUT2D eigenvalue weighted by Crippen LogP contribution is -2.32. The van der Waals surface area contributed by atoms with Crippen molar-refractivity contribution >= 4 is 68.2 Å². The first-order chi connectivity index (χ1) is 20.5. The van der Waals surface area contributed by atoms with Crippen molar-refractivity contribution in [1.29, 1.82) is 0 Å². The summed E-state index contributed by atoms with van der Waals surface area (Å²) in [5.41, 5.74) is 7.10. The molecule has 1 aliphatic heterocycles. The molecular weight excluding hydrogens is 629 g/mol. The lowest BCUT2D eigenvalue weighted by Gasteiger charge is -2.30. The molecular formula is C30H33BrN9O2P. The standard InChI is InChI=1S/C30H33BrN9O2P/c1-17(2)40-12-9-24-19(15-35-39(24)3)18-13-23(26(42-4)14-25(18)40)37-30-34-16-20(31)29(38-30)36-22-8-7-21-27(33-11-10-32-21)28(22)43(5,6)41/h7-8,10-11,13-17H,9,12H2,1-6H3,(H2,34,36,37,38). The van der Waals surface area contributed by atoms with E-state index in [1.165, 1.54) is 5.69 Å². The molecule has 2 N–H and O–H groups in total. The lowest BCUT2D eigenvalue weighted by molar-refractivity contribution is 0.416. The molecule has 0 amide bonds. The number of benzene rings is 2. The smallest absolute Gasteiger partial charge is 0.229 e. The number of aryl methyl sites for hydroxylation is 1. The number of hydrogen-bond donors (Lipinski definition) is 2. The summed E-state index contributed by atoms with van der Waals surface area (Å²) in [7, 11) is 0.895. The maximum Gasteiger partial charge on any atom is 0.229 e. The van der Waals surface area contributed by atoms with Gasteiger partial charge in [0.1, 0.15) is 24.2 Å². The Balaban J connectivity index is 1.41. The highest BCUT2D eigenvalue weighted by Gasteiger charge is 2.27. The minimum atomic E-state index is -2.75. The number of nitrogens with zero attached hydrogens (tertiary/aromatic N) is 7. The number of methoxy groups -OCH3 is 1. The zero-order valence-corrected chi connectivity index (χ0v) is 27.4. The van der Waals surface area contributed by atoms with Gasteiger partial charge in [0.15, 0.2) is 0 Å². The summed E-state index contributed by atoms with van der Waals surface area (Å²) in [6, 6.07) is 8.17. The van der Waals surface area contributed by atoms with Crippen molar-refractivity contribution in [3.8, 4) is 16.9 Å². The molecule has 0 spiro atoms. The first kappa shape index (κ1) is 29.1. The van der Waals surface area contributed by atoms with Crippen LogP contribution < -0.4 is 25.6 Å². The van der Waals surface area contributed by atoms with Crippen LogP contribution in [0, 0.1) is 0 Å². The molecule has 0 saturated carbocycles. The molecule has 222 valence electrons. The van der Waals surface area contributed by atoms with Crippen LogP contribution >= 0.6 is 23.1 Å². The van der Waals surface area contributed by atoms with Gasteiger partial charge in [0.25, 0.3) is 0 Å². The zero-order valence-electron chi connectivity index (χ0n) is 24.9. The van der Waals surface area contributed by atoms with Crippen LogP contribution in [0.2, 0.25) is 0 Å². The van der Waals surface area contributed by atoms with Gasteiger partial charge >= 0.3 is 0 Å². The number of halogens is 1. The fourth-order valence-corrected chi connectivity index (χ4v) is 7.27. The summed E-state index contributed by atoms with van der Waals surface area (Å²) in [5.74, 6) is 1.54. The number of anilines is 5. The van der Waals surface area contributed by atoms with Gasteiger partial charge in [-0.25, -0.2) is 4.98 Å². The SMILES string of the molecule is COc1cc2c(cc1Nc1ncc(Br)c(Nc3ccc4nccnc4c3P(C)(C)=O)n1)-c1cnn(C)c1CCN2C(C)C. The molecule has 3 aromatic heterocycles. The predicted molar refractivity (Wildman–Crippen MR) is 176 cm³/mol. The Morgan fingerprint density at radius 2 is 1.81 bits per heavy atom. The zero-order chi connectivity index (χ0) is 30.5. The quantitative estimate of drug-likeness (QED) is 0.198. The highest BCUT2D eigenvalue weighted by atomic mass is 79.9. The van der Waals surface area contributed by atoms with Crippen molar-refractivity contribution < 1.29 is 9.30 Å². The Kier molecular flexibility index (Phi) is 7.60. The maximum absolute atomic E-state index is 13.4. The topological polar surface area (TPSA) is 123 Å². The van der Waals surface area contributed by atoms with Crippen molar-refractivity contribution in [2.24, 2.45) is 7.05 Å². The number of aromatic nitrogens is 6. The second kappa shape index (κ2) is 11.2. The number of ether oxygens (including phenoxy) is 1. The van der Waals surface area contributed by atoms with Crippen LogP contribution in [0.1, 0.15) is 19.5 Å². The van der Waals surface area contributed by atoms with Gasteiger partial charge < -0.3 is 24.8 Å². The second-order valence-corrected chi connectivity index (χ2v) is 15.1. The second-order valence-electron chi connectivity index (χ2n) is 11.1. The highest BCUT2D eigenvalue weighted by Crippen LogP contribution is 2.44. The van der Waals surface area contributed by atoms with Gasteiger partial charge in [-0.2, -0.15) is 10.1 Å². The molecule has 1 aliphatic rings. The van der Waals surface area contributed by atoms with Crippen LogP contribution in [-0.2, 0) is 18.0 Å². The van der Waals surface area contributed by atoms with Gasteiger partial charge in [0.2, 0.25) is 5.95 Å². The molecule has 6 rings (SSSR count). The average Bonchev–Trinajstić information content (AvgIpc) is 3.25. The van der Waals surface area contributed by atoms with E-state index in [4.69, 9.17) is 9.72 Å². The van der Waals surface area contributed by atoms with Gasteiger partial charge in [-0.15, -0.1) is 0 Å². The fraction of sp³-hybridized carbons (Fsp3) is 0.300. The van der Waals surface area contributed by atoms with E-state index >= 15 is 0 Å². The van der Waals surface area contributed by atoms with Crippen LogP contribution in [0.5, 0.6) is 5.75 Å². The van der Waals surface area contributed by atoms with E-state index in [9.17, 15) is 4.57 Å². The van der Waals surface area contributed by atoms with Crippen molar-refractivity contribution in [1.82, 2.24) is 29.7 Å². The summed E-state index contributed by atoms with van der Waals surface area (Å²) < 4.78 is 21.9. The molecule has 0 fully saturated rings. The fourth-order valence-electron chi connectivity index (χ4n) is 5.59. The Bertz CT molecular complexity index is 1900. The molecule has 0 unspecified atom stereocenters. The molecule has 0 bridgehead atoms. The minimum Gasteiger partial charge on any atom is -0.494 e. The molecule has 4 heterocycles. The van der Waals surface area contributed by atoms with Gasteiger partial charge in [-0.1, -0.05) is 0 Å². The third kappa shape index (κ3) is 5.45. The Morgan fingerprint density at radius 1 is 1.02 bits per heavy atom. The summed E-state index contributed by atoms with van der Waals surface area (Å²) in [4.78, 5) is 20.6. The van der Waals surface area contributed by atoms with Gasteiger partial charge in [-0.3, -0.25) is 14.6 Å². The molecule has 0 aliphatic carbocycles. The number of nitrogens with one attached hydrogen (secondary N) is 2. The largest absolute Gasteiger partial charge is 0.494 e. The molecule has 43 heavy (non-hydrogen) atoms. The van der Waals surface area contributed by atoms with Crippen molar-refractivity contribution in [2.45, 2.75) is 26.3 Å². The van der Waals surface area contributed by atoms with E-state index in [0.717, 1.165) is 35.5 Å². The molecule has 0 saturated heterocycles. The monoisotopic (exact) mass is 661 g/mol. The Hall–Kier alpha value is -4.02. The van der Waals surface area contributed by atoms with E-state index < -0.39 is 7.14 Å². The third-order valence-corrected chi connectivity index (χ3v) is 9.70. The van der Waals surface area contributed by atoms with Crippen LogP contribution in [0.3, 0.4) is 0 Å². The van der Waals surface area contributed by atoms with E-state index in [-0.39, 0.29) is 0 Å².